The summed E-state index contributed by atoms with van der Waals surface area (Å²) in [6, 6.07) is 13.6. The van der Waals surface area contributed by atoms with E-state index < -0.39 is 10.0 Å². The van der Waals surface area contributed by atoms with Gasteiger partial charge in [-0.2, -0.15) is 4.31 Å². The molecule has 41 heavy (non-hydrogen) atoms. The molecule has 0 spiro atoms. The first-order valence-electron chi connectivity index (χ1n) is 12.9. The number of thiophene rings is 1. The van der Waals surface area contributed by atoms with Crippen molar-refractivity contribution in [2.24, 2.45) is 0 Å². The monoisotopic (exact) mass is 680 g/mol. The summed E-state index contributed by atoms with van der Waals surface area (Å²) < 4.78 is 28.1. The number of anilines is 1. The SMILES string of the molecule is CC(=O)NCCCC(=O)NC1Cc2ccccc2N(C(=O)c2csc(CN(C)S(=O)(=O)c3ccc(Br)cc3)c2Cl)C1. The molecule has 1 atom stereocenters. The van der Waals surface area contributed by atoms with E-state index in [0.29, 0.717) is 24.3 Å². The first-order valence-corrected chi connectivity index (χ1v) is 16.4. The van der Waals surface area contributed by atoms with Crippen LogP contribution in [-0.2, 0) is 32.6 Å². The lowest BCUT2D eigenvalue weighted by Gasteiger charge is -2.35. The highest BCUT2D eigenvalue weighted by Gasteiger charge is 2.32. The molecule has 1 aliphatic rings. The van der Waals surface area contributed by atoms with Crippen LogP contribution in [0.1, 0.15) is 40.6 Å². The zero-order valence-corrected chi connectivity index (χ0v) is 26.5. The lowest BCUT2D eigenvalue weighted by atomic mass is 9.97. The van der Waals surface area contributed by atoms with Crippen molar-refractivity contribution in [3.63, 3.8) is 0 Å². The molecule has 2 aromatic carbocycles. The molecular formula is C28H30BrClN4O5S2. The molecule has 1 unspecified atom stereocenters. The number of rotatable bonds is 10. The standard InChI is InChI=1S/C28H30BrClN4O5S2/c1-18(35)31-13-5-8-26(36)32-21-14-19-6-3-4-7-24(19)34(15-21)28(37)23-17-40-25(27(23)30)16-33(2)41(38,39)22-11-9-20(29)10-12-22/h3-4,6-7,9-12,17,21H,5,8,13-16H2,1-2H3,(H,31,35)(H,32,36). The molecule has 13 heteroatoms. The highest BCUT2D eigenvalue weighted by molar-refractivity contribution is 9.10. The zero-order valence-electron chi connectivity index (χ0n) is 22.5. The Bertz CT molecular complexity index is 1550. The van der Waals surface area contributed by atoms with Crippen LogP contribution in [0.5, 0.6) is 0 Å². The summed E-state index contributed by atoms with van der Waals surface area (Å²) in [5, 5.41) is 7.54. The van der Waals surface area contributed by atoms with Gasteiger partial charge in [-0.1, -0.05) is 45.7 Å². The maximum atomic E-state index is 13.8. The minimum Gasteiger partial charge on any atom is -0.356 e. The van der Waals surface area contributed by atoms with Crippen molar-refractivity contribution < 1.29 is 22.8 Å². The first kappa shape index (κ1) is 31.2. The summed E-state index contributed by atoms with van der Waals surface area (Å²) in [6.07, 6.45) is 1.33. The van der Waals surface area contributed by atoms with Gasteiger partial charge in [0.1, 0.15) is 0 Å². The summed E-state index contributed by atoms with van der Waals surface area (Å²) >= 11 is 11.2. The molecule has 0 radical (unpaired) electrons. The maximum absolute atomic E-state index is 13.8. The zero-order chi connectivity index (χ0) is 29.7. The fourth-order valence-corrected chi connectivity index (χ4v) is 7.39. The largest absolute Gasteiger partial charge is 0.356 e. The quantitative estimate of drug-likeness (QED) is 0.304. The predicted octanol–water partition coefficient (Wildman–Crippen LogP) is 4.59. The molecule has 0 aliphatic carbocycles. The van der Waals surface area contributed by atoms with Crippen molar-refractivity contribution in [1.82, 2.24) is 14.9 Å². The molecule has 218 valence electrons. The van der Waals surface area contributed by atoms with Gasteiger partial charge in [0, 0.05) is 60.4 Å². The van der Waals surface area contributed by atoms with Gasteiger partial charge in [0.2, 0.25) is 21.8 Å². The number of carbonyl (C=O) groups is 3. The van der Waals surface area contributed by atoms with E-state index in [0.717, 1.165) is 15.7 Å². The lowest BCUT2D eigenvalue weighted by molar-refractivity contribution is -0.122. The number of para-hydroxylation sites is 1. The summed E-state index contributed by atoms with van der Waals surface area (Å²) in [7, 11) is -2.30. The van der Waals surface area contributed by atoms with Gasteiger partial charge >= 0.3 is 0 Å². The fraction of sp³-hybridized carbons (Fsp3) is 0.321. The van der Waals surface area contributed by atoms with Gasteiger partial charge < -0.3 is 15.5 Å². The number of halogens is 2. The van der Waals surface area contributed by atoms with Gasteiger partial charge in [0.05, 0.1) is 21.5 Å². The Kier molecular flexibility index (Phi) is 10.2. The normalized spacial score (nSPS) is 15.0. The van der Waals surface area contributed by atoms with Crippen molar-refractivity contribution in [3.05, 3.63) is 79.4 Å². The third kappa shape index (κ3) is 7.55. The number of nitrogens with one attached hydrogen (secondary N) is 2. The molecular weight excluding hydrogens is 652 g/mol. The molecule has 0 fully saturated rings. The Balaban J connectivity index is 1.48. The summed E-state index contributed by atoms with van der Waals surface area (Å²) in [4.78, 5) is 39.7. The lowest BCUT2D eigenvalue weighted by Crippen LogP contribution is -2.50. The number of nitrogens with zero attached hydrogens (tertiary/aromatic N) is 2. The van der Waals surface area contributed by atoms with Crippen molar-refractivity contribution in [2.75, 3.05) is 25.0 Å². The van der Waals surface area contributed by atoms with E-state index in [2.05, 4.69) is 26.6 Å². The third-order valence-corrected chi connectivity index (χ3v) is 10.5. The van der Waals surface area contributed by atoms with Crippen LogP contribution >= 0.6 is 38.9 Å². The van der Waals surface area contributed by atoms with Gasteiger partial charge in [0.15, 0.2) is 0 Å². The van der Waals surface area contributed by atoms with E-state index in [4.69, 9.17) is 11.6 Å². The Hall–Kier alpha value is -2.77. The Morgan fingerprint density at radius 2 is 1.85 bits per heavy atom. The molecule has 9 nitrogen and oxygen atoms in total. The Morgan fingerprint density at radius 1 is 1.15 bits per heavy atom. The van der Waals surface area contributed by atoms with Crippen LogP contribution < -0.4 is 15.5 Å². The van der Waals surface area contributed by atoms with Gasteiger partial charge in [-0.05, 0) is 48.7 Å². The molecule has 3 amide bonds. The van der Waals surface area contributed by atoms with Crippen LogP contribution in [-0.4, -0.2) is 56.6 Å². The second-order valence-corrected chi connectivity index (χ2v) is 14.0. The van der Waals surface area contributed by atoms with Crippen LogP contribution in [0.2, 0.25) is 5.02 Å². The summed E-state index contributed by atoms with van der Waals surface area (Å²) in [6.45, 7) is 2.10. The maximum Gasteiger partial charge on any atom is 0.260 e. The highest BCUT2D eigenvalue weighted by Crippen LogP contribution is 2.34. The molecule has 2 N–H and O–H groups in total. The number of hydrogen-bond donors (Lipinski definition) is 2. The topological polar surface area (TPSA) is 116 Å². The minimum atomic E-state index is -3.77. The van der Waals surface area contributed by atoms with Crippen molar-refractivity contribution in [3.8, 4) is 0 Å². The Morgan fingerprint density at radius 3 is 2.56 bits per heavy atom. The van der Waals surface area contributed by atoms with Crippen molar-refractivity contribution in [2.45, 2.75) is 43.7 Å². The van der Waals surface area contributed by atoms with Gasteiger partial charge in [0.25, 0.3) is 5.91 Å². The smallest absolute Gasteiger partial charge is 0.260 e. The molecule has 3 aromatic rings. The second kappa shape index (κ2) is 13.5. The number of benzene rings is 2. The van der Waals surface area contributed by atoms with Crippen LogP contribution in [0.3, 0.4) is 0 Å². The average molecular weight is 682 g/mol. The van der Waals surface area contributed by atoms with Crippen LogP contribution in [0.15, 0.2) is 63.3 Å². The van der Waals surface area contributed by atoms with Crippen LogP contribution in [0, 0.1) is 0 Å². The molecule has 1 aromatic heterocycles. The molecule has 0 saturated carbocycles. The van der Waals surface area contributed by atoms with E-state index in [1.54, 1.807) is 22.4 Å². The van der Waals surface area contributed by atoms with Crippen LogP contribution in [0.25, 0.3) is 0 Å². The van der Waals surface area contributed by atoms with E-state index in [-0.39, 0.29) is 58.8 Å². The van der Waals surface area contributed by atoms with E-state index in [1.165, 1.54) is 41.7 Å². The molecule has 2 heterocycles. The van der Waals surface area contributed by atoms with E-state index >= 15 is 0 Å². The Labute approximate surface area is 257 Å². The second-order valence-electron chi connectivity index (χ2n) is 9.70. The minimum absolute atomic E-state index is 0.00291. The average Bonchev–Trinajstić information content (AvgIpc) is 3.29. The van der Waals surface area contributed by atoms with E-state index in [9.17, 15) is 22.8 Å². The van der Waals surface area contributed by atoms with Crippen molar-refractivity contribution in [1.29, 1.82) is 0 Å². The summed E-state index contributed by atoms with van der Waals surface area (Å²) in [5.74, 6) is -0.623. The molecule has 0 saturated heterocycles. The number of carbonyl (C=O) groups excluding carboxylic acids is 3. The number of fused-ring (bicyclic) bond motifs is 1. The number of hydrogen-bond acceptors (Lipinski definition) is 6. The first-order chi connectivity index (χ1) is 19.5. The number of sulfonamides is 1. The third-order valence-electron chi connectivity index (χ3n) is 6.64. The van der Waals surface area contributed by atoms with Gasteiger partial charge in [-0.3, -0.25) is 14.4 Å². The predicted molar refractivity (Wildman–Crippen MR) is 164 cm³/mol. The van der Waals surface area contributed by atoms with Crippen molar-refractivity contribution >= 4 is 72.3 Å². The van der Waals surface area contributed by atoms with Crippen LogP contribution in [0.4, 0.5) is 5.69 Å². The highest BCUT2D eigenvalue weighted by atomic mass is 79.9. The van der Waals surface area contributed by atoms with Gasteiger partial charge in [-0.25, -0.2) is 8.42 Å². The molecule has 0 bridgehead atoms. The molecule has 4 rings (SSSR count). The van der Waals surface area contributed by atoms with Gasteiger partial charge in [-0.15, -0.1) is 11.3 Å². The fourth-order valence-electron chi connectivity index (χ4n) is 4.55. The molecule has 1 aliphatic heterocycles. The summed E-state index contributed by atoms with van der Waals surface area (Å²) in [5.41, 5.74) is 1.94. The van der Waals surface area contributed by atoms with E-state index in [1.807, 2.05) is 24.3 Å². The number of amides is 3.